The zero-order valence-electron chi connectivity index (χ0n) is 13.1. The minimum absolute atomic E-state index is 0.0170. The highest BCUT2D eigenvalue weighted by Crippen LogP contribution is 2.17. The number of hydrogen-bond donors (Lipinski definition) is 2. The van der Waals surface area contributed by atoms with Crippen LogP contribution in [-0.4, -0.2) is 51.8 Å². The monoisotopic (exact) mass is 342 g/mol. The van der Waals surface area contributed by atoms with Crippen LogP contribution >= 0.6 is 0 Å². The number of sulfone groups is 1. The topological polar surface area (TPSA) is 93.7 Å². The predicted molar refractivity (Wildman–Crippen MR) is 86.7 cm³/mol. The summed E-state index contributed by atoms with van der Waals surface area (Å²) in [5.74, 6) is 1.63. The Labute approximate surface area is 136 Å². The minimum atomic E-state index is -2.99. The smallest absolute Gasteiger partial charge is 0.315 e. The van der Waals surface area contributed by atoms with Crippen molar-refractivity contribution >= 4 is 15.9 Å². The molecule has 1 saturated heterocycles. The zero-order chi connectivity index (χ0) is 16.7. The van der Waals surface area contributed by atoms with Crippen molar-refractivity contribution in [3.63, 3.8) is 0 Å². The van der Waals surface area contributed by atoms with Crippen LogP contribution in [0, 0.1) is 0 Å². The molecule has 1 aliphatic heterocycles. The molecule has 2 amide bonds. The van der Waals surface area contributed by atoms with Gasteiger partial charge < -0.3 is 20.1 Å². The van der Waals surface area contributed by atoms with E-state index in [4.69, 9.17) is 9.47 Å². The molecule has 2 rings (SSSR count). The Hall–Kier alpha value is -1.96. The zero-order valence-corrected chi connectivity index (χ0v) is 13.9. The molecule has 0 saturated carbocycles. The Kier molecular flexibility index (Phi) is 6.09. The van der Waals surface area contributed by atoms with Crippen molar-refractivity contribution in [3.05, 3.63) is 24.3 Å². The average molecular weight is 342 g/mol. The molecule has 0 aliphatic carbocycles. The van der Waals surface area contributed by atoms with Crippen molar-refractivity contribution in [3.8, 4) is 11.5 Å². The van der Waals surface area contributed by atoms with E-state index in [0.29, 0.717) is 31.9 Å². The van der Waals surface area contributed by atoms with Crippen LogP contribution < -0.4 is 20.1 Å². The van der Waals surface area contributed by atoms with Gasteiger partial charge in [0.25, 0.3) is 0 Å². The molecule has 1 fully saturated rings. The number of ether oxygens (including phenoxy) is 2. The number of carbonyl (C=O) groups is 1. The van der Waals surface area contributed by atoms with Gasteiger partial charge in [0.2, 0.25) is 0 Å². The number of rotatable bonds is 7. The fourth-order valence-electron chi connectivity index (χ4n) is 2.28. The Bertz CT molecular complexity index is 615. The summed E-state index contributed by atoms with van der Waals surface area (Å²) in [4.78, 5) is 11.6. The lowest BCUT2D eigenvalue weighted by atomic mass is 10.3. The number of amides is 2. The molecule has 0 spiro atoms. The van der Waals surface area contributed by atoms with Crippen LogP contribution in [0.1, 0.15) is 13.3 Å². The van der Waals surface area contributed by atoms with E-state index in [2.05, 4.69) is 10.6 Å². The summed E-state index contributed by atoms with van der Waals surface area (Å²) in [7, 11) is -2.99. The van der Waals surface area contributed by atoms with Gasteiger partial charge in [0, 0.05) is 6.04 Å². The quantitative estimate of drug-likeness (QED) is 0.720. The van der Waals surface area contributed by atoms with Crippen LogP contribution in [0.25, 0.3) is 0 Å². The molecule has 23 heavy (non-hydrogen) atoms. The lowest BCUT2D eigenvalue weighted by Gasteiger charge is -2.12. The van der Waals surface area contributed by atoms with E-state index >= 15 is 0 Å². The average Bonchev–Trinajstić information content (AvgIpc) is 2.84. The van der Waals surface area contributed by atoms with E-state index < -0.39 is 9.84 Å². The van der Waals surface area contributed by atoms with Crippen LogP contribution in [0.4, 0.5) is 4.79 Å². The second kappa shape index (κ2) is 8.05. The number of nitrogens with one attached hydrogen (secondary N) is 2. The number of hydrogen-bond acceptors (Lipinski definition) is 5. The Morgan fingerprint density at radius 1 is 1.22 bits per heavy atom. The third kappa shape index (κ3) is 5.97. The van der Waals surface area contributed by atoms with E-state index in [1.807, 2.05) is 19.1 Å². The van der Waals surface area contributed by atoms with Crippen LogP contribution in [-0.2, 0) is 9.84 Å². The fourth-order valence-corrected chi connectivity index (χ4v) is 3.95. The van der Waals surface area contributed by atoms with Crippen molar-refractivity contribution < 1.29 is 22.7 Å². The van der Waals surface area contributed by atoms with Gasteiger partial charge in [0.15, 0.2) is 9.84 Å². The largest absolute Gasteiger partial charge is 0.494 e. The summed E-state index contributed by atoms with van der Waals surface area (Å²) in [6.45, 7) is 3.19. The van der Waals surface area contributed by atoms with E-state index in [-0.39, 0.29) is 23.6 Å². The van der Waals surface area contributed by atoms with Gasteiger partial charge in [0.05, 0.1) is 24.7 Å². The maximum atomic E-state index is 11.6. The summed E-state index contributed by atoms with van der Waals surface area (Å²) in [5, 5.41) is 5.30. The van der Waals surface area contributed by atoms with Crippen LogP contribution in [0.5, 0.6) is 11.5 Å². The van der Waals surface area contributed by atoms with E-state index in [1.165, 1.54) is 0 Å². The van der Waals surface area contributed by atoms with Crippen molar-refractivity contribution in [1.82, 2.24) is 10.6 Å². The third-order valence-corrected chi connectivity index (χ3v) is 5.13. The summed E-state index contributed by atoms with van der Waals surface area (Å²) < 4.78 is 33.4. The Morgan fingerprint density at radius 2 is 1.87 bits per heavy atom. The highest BCUT2D eigenvalue weighted by Gasteiger charge is 2.28. The molecule has 128 valence electrons. The van der Waals surface area contributed by atoms with Crippen LogP contribution in [0.2, 0.25) is 0 Å². The van der Waals surface area contributed by atoms with Crippen molar-refractivity contribution in [1.29, 1.82) is 0 Å². The molecule has 7 nitrogen and oxygen atoms in total. The van der Waals surface area contributed by atoms with E-state index in [9.17, 15) is 13.2 Å². The second-order valence-electron chi connectivity index (χ2n) is 5.25. The Balaban J connectivity index is 1.62. The van der Waals surface area contributed by atoms with Gasteiger partial charge in [-0.1, -0.05) is 0 Å². The standard InChI is InChI=1S/C15H22N2O5S/c1-2-21-13-3-5-14(6-4-13)22-9-8-16-15(18)17-12-7-10-23(19,20)11-12/h3-6,12H,2,7-11H2,1H3,(H2,16,17,18). The number of benzene rings is 1. The Morgan fingerprint density at radius 3 is 2.43 bits per heavy atom. The first-order chi connectivity index (χ1) is 11.0. The molecule has 1 unspecified atom stereocenters. The van der Waals surface area contributed by atoms with Crippen molar-refractivity contribution in [2.24, 2.45) is 0 Å². The fraction of sp³-hybridized carbons (Fsp3) is 0.533. The lowest BCUT2D eigenvalue weighted by molar-refractivity contribution is 0.233. The van der Waals surface area contributed by atoms with Gasteiger partial charge in [-0.2, -0.15) is 0 Å². The summed E-state index contributed by atoms with van der Waals surface area (Å²) in [5.41, 5.74) is 0. The minimum Gasteiger partial charge on any atom is -0.494 e. The molecule has 0 radical (unpaired) electrons. The maximum Gasteiger partial charge on any atom is 0.315 e. The predicted octanol–water partition coefficient (Wildman–Crippen LogP) is 0.950. The van der Waals surface area contributed by atoms with Gasteiger partial charge in [0.1, 0.15) is 18.1 Å². The van der Waals surface area contributed by atoms with E-state index in [1.54, 1.807) is 12.1 Å². The number of carbonyl (C=O) groups excluding carboxylic acids is 1. The molecule has 1 aromatic carbocycles. The van der Waals surface area contributed by atoms with E-state index in [0.717, 1.165) is 5.75 Å². The highest BCUT2D eigenvalue weighted by molar-refractivity contribution is 7.91. The molecule has 8 heteroatoms. The summed E-state index contributed by atoms with van der Waals surface area (Å²) in [6, 6.07) is 6.57. The van der Waals surface area contributed by atoms with Crippen LogP contribution in [0.3, 0.4) is 0 Å². The molecule has 1 heterocycles. The first-order valence-electron chi connectivity index (χ1n) is 7.59. The molecule has 1 atom stereocenters. The normalized spacial score (nSPS) is 19.1. The number of urea groups is 1. The molecule has 1 aromatic rings. The van der Waals surface area contributed by atoms with Gasteiger partial charge in [-0.15, -0.1) is 0 Å². The third-order valence-electron chi connectivity index (χ3n) is 3.36. The molecular weight excluding hydrogens is 320 g/mol. The van der Waals surface area contributed by atoms with Gasteiger partial charge >= 0.3 is 6.03 Å². The lowest BCUT2D eigenvalue weighted by Crippen LogP contribution is -2.43. The molecule has 2 N–H and O–H groups in total. The van der Waals surface area contributed by atoms with Gasteiger partial charge in [-0.05, 0) is 37.6 Å². The van der Waals surface area contributed by atoms with Crippen molar-refractivity contribution in [2.75, 3.05) is 31.3 Å². The molecular formula is C15H22N2O5S. The first-order valence-corrected chi connectivity index (χ1v) is 9.41. The summed E-state index contributed by atoms with van der Waals surface area (Å²) in [6.07, 6.45) is 0.471. The maximum absolute atomic E-state index is 11.6. The molecule has 0 bridgehead atoms. The SMILES string of the molecule is CCOc1ccc(OCCNC(=O)NC2CCS(=O)(=O)C2)cc1. The van der Waals surface area contributed by atoms with Crippen molar-refractivity contribution in [2.45, 2.75) is 19.4 Å². The molecule has 1 aliphatic rings. The van der Waals surface area contributed by atoms with Gasteiger partial charge in [-0.3, -0.25) is 0 Å². The first kappa shape index (κ1) is 17.4. The van der Waals surface area contributed by atoms with Gasteiger partial charge in [-0.25, -0.2) is 13.2 Å². The van der Waals surface area contributed by atoms with Crippen LogP contribution in [0.15, 0.2) is 24.3 Å². The molecule has 0 aromatic heterocycles. The highest BCUT2D eigenvalue weighted by atomic mass is 32.2. The summed E-state index contributed by atoms with van der Waals surface area (Å²) >= 11 is 0. The second-order valence-corrected chi connectivity index (χ2v) is 7.48.